The molecule has 80 valence electrons. The fourth-order valence-corrected chi connectivity index (χ4v) is 1.04. The van der Waals surface area contributed by atoms with Crippen LogP contribution in [0.5, 0.6) is 5.88 Å². The minimum atomic E-state index is -2.68. The Morgan fingerprint density at radius 2 is 2.21 bits per heavy atom. The number of hydrogen-bond donors (Lipinski definition) is 2. The Hall–Kier alpha value is -1.17. The molecule has 0 amide bonds. The van der Waals surface area contributed by atoms with Crippen LogP contribution in [0.3, 0.4) is 0 Å². The zero-order chi connectivity index (χ0) is 10.9. The van der Waals surface area contributed by atoms with E-state index < -0.39 is 17.7 Å². The van der Waals surface area contributed by atoms with E-state index in [9.17, 15) is 13.9 Å². The second-order valence-electron chi connectivity index (χ2n) is 3.87. The van der Waals surface area contributed by atoms with Crippen LogP contribution in [0.15, 0.2) is 6.07 Å². The van der Waals surface area contributed by atoms with Gasteiger partial charge in [-0.1, -0.05) is 0 Å². The minimum absolute atomic E-state index is 0.186. The van der Waals surface area contributed by atoms with E-state index in [1.165, 1.54) is 0 Å². The highest BCUT2D eigenvalue weighted by Crippen LogP contribution is 2.22. The molecular weight excluding hydrogens is 192 g/mol. The standard InChI is InChI=1S/C8H13F2N3O/c1-8(2,11)4-13-6(14)3-5(12-13)7(9)10/h3,7,14H,4,11H2,1-2H3. The first kappa shape index (κ1) is 10.9. The van der Waals surface area contributed by atoms with Crippen LogP contribution in [0.1, 0.15) is 26.0 Å². The monoisotopic (exact) mass is 205 g/mol. The molecule has 0 aromatic carbocycles. The molecule has 0 aliphatic carbocycles. The van der Waals surface area contributed by atoms with Crippen molar-refractivity contribution in [1.82, 2.24) is 9.78 Å². The van der Waals surface area contributed by atoms with Crippen molar-refractivity contribution in [2.75, 3.05) is 0 Å². The summed E-state index contributed by atoms with van der Waals surface area (Å²) in [5.74, 6) is -0.293. The summed E-state index contributed by atoms with van der Waals surface area (Å²) in [7, 11) is 0. The first-order valence-electron chi connectivity index (χ1n) is 4.13. The average molecular weight is 205 g/mol. The van der Waals surface area contributed by atoms with Gasteiger partial charge in [0.2, 0.25) is 5.88 Å². The second-order valence-corrected chi connectivity index (χ2v) is 3.87. The van der Waals surface area contributed by atoms with E-state index in [4.69, 9.17) is 5.73 Å². The third kappa shape index (κ3) is 2.66. The lowest BCUT2D eigenvalue weighted by Crippen LogP contribution is -2.37. The van der Waals surface area contributed by atoms with Crippen LogP contribution in [-0.2, 0) is 6.54 Å². The van der Waals surface area contributed by atoms with Gasteiger partial charge in [-0.05, 0) is 13.8 Å². The van der Waals surface area contributed by atoms with Gasteiger partial charge in [-0.3, -0.25) is 0 Å². The molecule has 1 heterocycles. The van der Waals surface area contributed by atoms with Crippen molar-refractivity contribution in [3.05, 3.63) is 11.8 Å². The van der Waals surface area contributed by atoms with Crippen molar-refractivity contribution in [2.24, 2.45) is 5.73 Å². The van der Waals surface area contributed by atoms with Gasteiger partial charge < -0.3 is 10.8 Å². The maximum absolute atomic E-state index is 12.2. The van der Waals surface area contributed by atoms with E-state index in [0.29, 0.717) is 0 Å². The molecule has 0 bridgehead atoms. The predicted molar refractivity (Wildman–Crippen MR) is 47.1 cm³/mol. The number of halogens is 2. The van der Waals surface area contributed by atoms with Gasteiger partial charge >= 0.3 is 0 Å². The normalized spacial score (nSPS) is 12.4. The number of nitrogens with zero attached hydrogens (tertiary/aromatic N) is 2. The number of nitrogens with two attached hydrogens (primary N) is 1. The van der Waals surface area contributed by atoms with Crippen molar-refractivity contribution in [3.8, 4) is 5.88 Å². The molecular formula is C8H13F2N3O. The van der Waals surface area contributed by atoms with E-state index in [2.05, 4.69) is 5.10 Å². The van der Waals surface area contributed by atoms with Gasteiger partial charge in [-0.15, -0.1) is 0 Å². The summed E-state index contributed by atoms with van der Waals surface area (Å²) in [4.78, 5) is 0. The fourth-order valence-electron chi connectivity index (χ4n) is 1.04. The third-order valence-electron chi connectivity index (χ3n) is 1.56. The number of alkyl halides is 2. The molecule has 6 heteroatoms. The first-order valence-corrected chi connectivity index (χ1v) is 4.13. The topological polar surface area (TPSA) is 64.1 Å². The molecule has 0 saturated heterocycles. The minimum Gasteiger partial charge on any atom is -0.493 e. The van der Waals surface area contributed by atoms with Gasteiger partial charge in [0, 0.05) is 11.6 Å². The maximum atomic E-state index is 12.2. The average Bonchev–Trinajstić information content (AvgIpc) is 2.29. The Morgan fingerprint density at radius 3 is 2.57 bits per heavy atom. The van der Waals surface area contributed by atoms with Crippen molar-refractivity contribution in [2.45, 2.75) is 32.4 Å². The molecule has 0 atom stereocenters. The van der Waals surface area contributed by atoms with Gasteiger partial charge in [0.1, 0.15) is 5.69 Å². The van der Waals surface area contributed by atoms with Gasteiger partial charge in [0.05, 0.1) is 6.54 Å². The van der Waals surface area contributed by atoms with Gasteiger partial charge in [-0.2, -0.15) is 5.10 Å². The lowest BCUT2D eigenvalue weighted by Gasteiger charge is -2.18. The number of aromatic nitrogens is 2. The van der Waals surface area contributed by atoms with Gasteiger partial charge in [0.25, 0.3) is 6.43 Å². The van der Waals surface area contributed by atoms with Crippen LogP contribution in [0.25, 0.3) is 0 Å². The molecule has 0 aliphatic rings. The molecule has 14 heavy (non-hydrogen) atoms. The van der Waals surface area contributed by atoms with E-state index >= 15 is 0 Å². The largest absolute Gasteiger partial charge is 0.493 e. The third-order valence-corrected chi connectivity index (χ3v) is 1.56. The summed E-state index contributed by atoms with van der Waals surface area (Å²) in [6, 6.07) is 0.941. The Bertz CT molecular complexity index is 317. The van der Waals surface area contributed by atoms with Crippen molar-refractivity contribution in [3.63, 3.8) is 0 Å². The quantitative estimate of drug-likeness (QED) is 0.780. The van der Waals surface area contributed by atoms with E-state index in [0.717, 1.165) is 10.7 Å². The molecule has 0 fully saturated rings. The Kier molecular flexibility index (Phi) is 2.75. The van der Waals surface area contributed by atoms with Crippen molar-refractivity contribution in [1.29, 1.82) is 0 Å². The summed E-state index contributed by atoms with van der Waals surface area (Å²) in [6.45, 7) is 3.62. The lowest BCUT2D eigenvalue weighted by molar-refractivity contribution is 0.144. The smallest absolute Gasteiger partial charge is 0.282 e. The highest BCUT2D eigenvalue weighted by atomic mass is 19.3. The molecule has 0 radical (unpaired) electrons. The molecule has 1 aromatic heterocycles. The zero-order valence-corrected chi connectivity index (χ0v) is 8.04. The van der Waals surface area contributed by atoms with Crippen LogP contribution >= 0.6 is 0 Å². The molecule has 0 spiro atoms. The summed E-state index contributed by atoms with van der Waals surface area (Å²) < 4.78 is 25.4. The number of aromatic hydroxyl groups is 1. The fraction of sp³-hybridized carbons (Fsp3) is 0.625. The molecule has 1 rings (SSSR count). The second kappa shape index (κ2) is 3.53. The van der Waals surface area contributed by atoms with Gasteiger partial charge in [-0.25, -0.2) is 13.5 Å². The van der Waals surface area contributed by atoms with Crippen LogP contribution in [0.4, 0.5) is 8.78 Å². The van der Waals surface area contributed by atoms with Gasteiger partial charge in [0.15, 0.2) is 0 Å². The lowest BCUT2D eigenvalue weighted by atomic mass is 10.1. The zero-order valence-electron chi connectivity index (χ0n) is 8.04. The molecule has 4 nitrogen and oxygen atoms in total. The SMILES string of the molecule is CC(C)(N)Cn1nc(C(F)F)cc1O. The molecule has 1 aromatic rings. The van der Waals surface area contributed by atoms with Crippen LogP contribution in [-0.4, -0.2) is 20.4 Å². The highest BCUT2D eigenvalue weighted by Gasteiger charge is 2.19. The molecule has 0 aliphatic heterocycles. The highest BCUT2D eigenvalue weighted by molar-refractivity contribution is 5.15. The molecule has 3 N–H and O–H groups in total. The molecule has 0 saturated carbocycles. The predicted octanol–water partition coefficient (Wildman–Crippen LogP) is 1.26. The number of hydrogen-bond acceptors (Lipinski definition) is 3. The first-order chi connectivity index (χ1) is 6.29. The Balaban J connectivity index is 2.88. The summed E-state index contributed by atoms with van der Waals surface area (Å²) in [6.07, 6.45) is -2.68. The number of rotatable bonds is 3. The summed E-state index contributed by atoms with van der Waals surface area (Å²) in [5.41, 5.74) is 4.62. The Morgan fingerprint density at radius 1 is 1.64 bits per heavy atom. The van der Waals surface area contributed by atoms with E-state index in [1.807, 2.05) is 0 Å². The molecule has 0 unspecified atom stereocenters. The summed E-state index contributed by atoms with van der Waals surface area (Å²) >= 11 is 0. The van der Waals surface area contributed by atoms with E-state index in [-0.39, 0.29) is 12.4 Å². The Labute approximate surface area is 80.3 Å². The van der Waals surface area contributed by atoms with Crippen molar-refractivity contribution >= 4 is 0 Å². The maximum Gasteiger partial charge on any atom is 0.282 e. The van der Waals surface area contributed by atoms with Crippen LogP contribution in [0, 0.1) is 0 Å². The van der Waals surface area contributed by atoms with Crippen LogP contribution < -0.4 is 5.73 Å². The summed E-state index contributed by atoms with van der Waals surface area (Å²) in [5, 5.41) is 12.8. The van der Waals surface area contributed by atoms with E-state index in [1.54, 1.807) is 13.8 Å². The van der Waals surface area contributed by atoms with Crippen LogP contribution in [0.2, 0.25) is 0 Å². The van der Waals surface area contributed by atoms with Crippen molar-refractivity contribution < 1.29 is 13.9 Å².